The van der Waals surface area contributed by atoms with E-state index in [4.69, 9.17) is 5.11 Å². The summed E-state index contributed by atoms with van der Waals surface area (Å²) in [4.78, 5) is 31.3. The maximum Gasteiger partial charge on any atom is 0.306 e. The minimum atomic E-state index is -0.739. The number of carboxylic acids is 1. The molecule has 3 rings (SSSR count). The molecule has 1 saturated heterocycles. The standard InChI is InChI=1S/C20H25N3O3S/c1-13(2)18-17(14-6-4-3-5-7-14)22-20(27-18)21-16(24)12-23-10-8-15(9-11-23)19(25)26/h3-7,13,15H,8-12H2,1-2H3,(H,25,26)(H,21,22,24). The molecule has 2 heterocycles. The number of hydrogen-bond acceptors (Lipinski definition) is 5. The van der Waals surface area contributed by atoms with E-state index in [-0.39, 0.29) is 18.4 Å². The van der Waals surface area contributed by atoms with Gasteiger partial charge in [-0.25, -0.2) is 4.98 Å². The molecule has 0 radical (unpaired) electrons. The maximum absolute atomic E-state index is 12.4. The van der Waals surface area contributed by atoms with Gasteiger partial charge in [-0.2, -0.15) is 0 Å². The number of thiazole rings is 1. The SMILES string of the molecule is CC(C)c1sc(NC(=O)CN2CCC(C(=O)O)CC2)nc1-c1ccccc1. The third-order valence-electron chi connectivity index (χ3n) is 4.78. The van der Waals surface area contributed by atoms with Crippen LogP contribution in [0, 0.1) is 5.92 Å². The van der Waals surface area contributed by atoms with Crippen molar-refractivity contribution in [3.05, 3.63) is 35.2 Å². The maximum atomic E-state index is 12.4. The van der Waals surface area contributed by atoms with Crippen LogP contribution >= 0.6 is 11.3 Å². The molecule has 0 unspecified atom stereocenters. The van der Waals surface area contributed by atoms with Crippen molar-refractivity contribution in [2.75, 3.05) is 25.0 Å². The third-order valence-corrected chi connectivity index (χ3v) is 6.05. The number of rotatable bonds is 6. The van der Waals surface area contributed by atoms with Gasteiger partial charge < -0.3 is 10.4 Å². The number of carboxylic acid groups (broad SMARTS) is 1. The van der Waals surface area contributed by atoms with E-state index in [1.165, 1.54) is 11.3 Å². The highest BCUT2D eigenvalue weighted by Gasteiger charge is 2.25. The minimum absolute atomic E-state index is 0.104. The molecule has 7 heteroatoms. The zero-order chi connectivity index (χ0) is 19.4. The summed E-state index contributed by atoms with van der Waals surface area (Å²) in [6.07, 6.45) is 1.19. The van der Waals surface area contributed by atoms with Crippen LogP contribution in [0.15, 0.2) is 30.3 Å². The Morgan fingerprint density at radius 3 is 2.52 bits per heavy atom. The van der Waals surface area contributed by atoms with Gasteiger partial charge in [0.2, 0.25) is 5.91 Å². The van der Waals surface area contributed by atoms with E-state index < -0.39 is 5.97 Å². The van der Waals surface area contributed by atoms with Gasteiger partial charge in [-0.3, -0.25) is 14.5 Å². The van der Waals surface area contributed by atoms with Crippen molar-refractivity contribution in [1.29, 1.82) is 0 Å². The van der Waals surface area contributed by atoms with Gasteiger partial charge >= 0.3 is 5.97 Å². The number of amides is 1. The lowest BCUT2D eigenvalue weighted by Gasteiger charge is -2.29. The van der Waals surface area contributed by atoms with Gasteiger partial charge in [0, 0.05) is 10.4 Å². The van der Waals surface area contributed by atoms with Gasteiger partial charge in [-0.1, -0.05) is 44.2 Å². The lowest BCUT2D eigenvalue weighted by atomic mass is 9.97. The van der Waals surface area contributed by atoms with Crippen molar-refractivity contribution in [2.24, 2.45) is 5.92 Å². The van der Waals surface area contributed by atoms with Gasteiger partial charge in [0.1, 0.15) is 0 Å². The number of nitrogens with one attached hydrogen (secondary N) is 1. The number of benzene rings is 1. The molecular formula is C20H25N3O3S. The minimum Gasteiger partial charge on any atom is -0.481 e. The van der Waals surface area contributed by atoms with Crippen LogP contribution in [0.25, 0.3) is 11.3 Å². The lowest BCUT2D eigenvalue weighted by molar-refractivity contribution is -0.143. The second-order valence-corrected chi connectivity index (χ2v) is 8.22. The third kappa shape index (κ3) is 4.93. The highest BCUT2D eigenvalue weighted by Crippen LogP contribution is 2.36. The summed E-state index contributed by atoms with van der Waals surface area (Å²) in [5.74, 6) is -0.812. The summed E-state index contributed by atoms with van der Waals surface area (Å²) in [5.41, 5.74) is 1.97. The zero-order valence-corrected chi connectivity index (χ0v) is 16.5. The molecule has 1 aromatic carbocycles. The predicted molar refractivity (Wildman–Crippen MR) is 107 cm³/mol. The molecule has 0 aliphatic carbocycles. The number of carbonyl (C=O) groups is 2. The van der Waals surface area contributed by atoms with Crippen molar-refractivity contribution in [2.45, 2.75) is 32.6 Å². The Morgan fingerprint density at radius 2 is 1.93 bits per heavy atom. The lowest BCUT2D eigenvalue weighted by Crippen LogP contribution is -2.40. The topological polar surface area (TPSA) is 82.5 Å². The average molecular weight is 388 g/mol. The molecule has 1 aromatic heterocycles. The van der Waals surface area contributed by atoms with Gasteiger partial charge in [0.25, 0.3) is 0 Å². The van der Waals surface area contributed by atoms with Crippen LogP contribution in [0.3, 0.4) is 0 Å². The van der Waals surface area contributed by atoms with Crippen LogP contribution in [-0.2, 0) is 9.59 Å². The van der Waals surface area contributed by atoms with E-state index in [0.29, 0.717) is 37.0 Å². The molecule has 1 fully saturated rings. The van der Waals surface area contributed by atoms with E-state index in [1.807, 2.05) is 35.2 Å². The predicted octanol–water partition coefficient (Wildman–Crippen LogP) is 3.67. The molecule has 0 spiro atoms. The summed E-state index contributed by atoms with van der Waals surface area (Å²) in [5, 5.41) is 12.6. The summed E-state index contributed by atoms with van der Waals surface area (Å²) in [6.45, 7) is 5.78. The Labute approximate surface area is 163 Å². The van der Waals surface area contributed by atoms with Crippen molar-refractivity contribution < 1.29 is 14.7 Å². The highest BCUT2D eigenvalue weighted by molar-refractivity contribution is 7.16. The van der Waals surface area contributed by atoms with E-state index in [2.05, 4.69) is 24.1 Å². The fourth-order valence-corrected chi connectivity index (χ4v) is 4.29. The Hall–Kier alpha value is -2.25. The molecule has 0 saturated carbocycles. The Bertz CT molecular complexity index is 796. The van der Waals surface area contributed by atoms with Crippen molar-refractivity contribution in [3.63, 3.8) is 0 Å². The number of likely N-dealkylation sites (tertiary alicyclic amines) is 1. The van der Waals surface area contributed by atoms with E-state index in [1.54, 1.807) is 0 Å². The van der Waals surface area contributed by atoms with Gasteiger partial charge in [0.15, 0.2) is 5.13 Å². The molecule has 0 atom stereocenters. The van der Waals surface area contributed by atoms with Crippen LogP contribution in [0.2, 0.25) is 0 Å². The Morgan fingerprint density at radius 1 is 1.26 bits per heavy atom. The van der Waals surface area contributed by atoms with Gasteiger partial charge in [-0.05, 0) is 31.8 Å². The average Bonchev–Trinajstić information content (AvgIpc) is 3.07. The van der Waals surface area contributed by atoms with Gasteiger partial charge in [-0.15, -0.1) is 11.3 Å². The number of carbonyl (C=O) groups excluding carboxylic acids is 1. The van der Waals surface area contributed by atoms with E-state index >= 15 is 0 Å². The number of aromatic nitrogens is 1. The van der Waals surface area contributed by atoms with Crippen molar-refractivity contribution >= 4 is 28.3 Å². The van der Waals surface area contributed by atoms with Crippen LogP contribution in [0.5, 0.6) is 0 Å². The normalized spacial score (nSPS) is 15.8. The van der Waals surface area contributed by atoms with Crippen LogP contribution in [-0.4, -0.2) is 46.5 Å². The molecule has 2 N–H and O–H groups in total. The summed E-state index contributed by atoms with van der Waals surface area (Å²) in [6, 6.07) is 10.00. The second-order valence-electron chi connectivity index (χ2n) is 7.19. The Kier molecular flexibility index (Phi) is 6.23. The molecule has 6 nitrogen and oxygen atoms in total. The smallest absolute Gasteiger partial charge is 0.306 e. The summed E-state index contributed by atoms with van der Waals surface area (Å²) < 4.78 is 0. The van der Waals surface area contributed by atoms with E-state index in [9.17, 15) is 9.59 Å². The molecule has 27 heavy (non-hydrogen) atoms. The first-order valence-corrected chi connectivity index (χ1v) is 10.1. The van der Waals surface area contributed by atoms with Gasteiger partial charge in [0.05, 0.1) is 18.2 Å². The first kappa shape index (κ1) is 19.5. The fourth-order valence-electron chi connectivity index (χ4n) is 3.28. The largest absolute Gasteiger partial charge is 0.481 e. The van der Waals surface area contributed by atoms with Crippen LogP contribution in [0.4, 0.5) is 5.13 Å². The fraction of sp³-hybridized carbons (Fsp3) is 0.450. The van der Waals surface area contributed by atoms with E-state index in [0.717, 1.165) is 16.1 Å². The van der Waals surface area contributed by atoms with Crippen LogP contribution < -0.4 is 5.32 Å². The number of hydrogen-bond donors (Lipinski definition) is 2. The first-order valence-electron chi connectivity index (χ1n) is 9.25. The zero-order valence-electron chi connectivity index (χ0n) is 15.6. The molecule has 144 valence electrons. The van der Waals surface area contributed by atoms with Crippen molar-refractivity contribution in [1.82, 2.24) is 9.88 Å². The molecule has 1 aliphatic rings. The summed E-state index contributed by atoms with van der Waals surface area (Å²) in [7, 11) is 0. The Balaban J connectivity index is 1.64. The van der Waals surface area contributed by atoms with Crippen molar-refractivity contribution in [3.8, 4) is 11.3 Å². The quantitative estimate of drug-likeness (QED) is 0.790. The monoisotopic (exact) mass is 387 g/mol. The van der Waals surface area contributed by atoms with Crippen LogP contribution in [0.1, 0.15) is 37.5 Å². The molecule has 1 aliphatic heterocycles. The number of anilines is 1. The highest BCUT2D eigenvalue weighted by atomic mass is 32.1. The molecule has 2 aromatic rings. The first-order chi connectivity index (χ1) is 12.9. The number of nitrogens with zero attached hydrogens (tertiary/aromatic N) is 2. The molecular weight excluding hydrogens is 362 g/mol. The summed E-state index contributed by atoms with van der Waals surface area (Å²) >= 11 is 1.52. The number of aliphatic carboxylic acids is 1. The number of piperidine rings is 1. The molecule has 0 bridgehead atoms. The second kappa shape index (κ2) is 8.63. The molecule has 1 amide bonds.